The Kier molecular flexibility index (Phi) is 11.1. The number of hydrogen-bond acceptors (Lipinski definition) is 5. The number of nitrogens with zero attached hydrogens (tertiary/aromatic N) is 3. The van der Waals surface area contributed by atoms with Gasteiger partial charge in [0.1, 0.15) is 6.04 Å². The molecule has 0 saturated carbocycles. The van der Waals surface area contributed by atoms with E-state index in [-0.39, 0.29) is 23.8 Å². The maximum absolute atomic E-state index is 14.4. The van der Waals surface area contributed by atoms with Crippen molar-refractivity contribution in [3.63, 3.8) is 0 Å². The smallest absolute Gasteiger partial charge is 0.245 e. The lowest BCUT2D eigenvalue weighted by Gasteiger charge is -2.46. The number of rotatable bonds is 10. The molecular formula is C40H53N5O3. The fraction of sp³-hybridized carbons (Fsp3) is 0.525. The van der Waals surface area contributed by atoms with Crippen LogP contribution in [0.15, 0.2) is 66.7 Å². The van der Waals surface area contributed by atoms with Crippen molar-refractivity contribution in [2.45, 2.75) is 89.9 Å². The number of nitrogens with one attached hydrogen (secondary N) is 2. The molecule has 2 saturated heterocycles. The quantitative estimate of drug-likeness (QED) is 0.319. The second kappa shape index (κ2) is 15.6. The maximum atomic E-state index is 14.4. The van der Waals surface area contributed by atoms with Crippen LogP contribution in [0.5, 0.6) is 0 Å². The highest BCUT2D eigenvalue weighted by Gasteiger charge is 2.36. The number of carbonyl (C=O) groups is 3. The van der Waals surface area contributed by atoms with Gasteiger partial charge in [-0.3, -0.25) is 19.3 Å². The van der Waals surface area contributed by atoms with E-state index in [1.165, 1.54) is 11.1 Å². The van der Waals surface area contributed by atoms with Gasteiger partial charge in [0.15, 0.2) is 0 Å². The van der Waals surface area contributed by atoms with Crippen LogP contribution in [0, 0.1) is 5.92 Å². The van der Waals surface area contributed by atoms with Gasteiger partial charge in [0, 0.05) is 70.6 Å². The van der Waals surface area contributed by atoms with E-state index in [2.05, 4.69) is 71.8 Å². The lowest BCUT2D eigenvalue weighted by atomic mass is 9.92. The van der Waals surface area contributed by atoms with Crippen LogP contribution < -0.4 is 10.6 Å². The number of piperidine rings is 2. The molecule has 0 aromatic heterocycles. The summed E-state index contributed by atoms with van der Waals surface area (Å²) >= 11 is 0. The third-order valence-electron chi connectivity index (χ3n) is 10.7. The zero-order valence-electron chi connectivity index (χ0n) is 29.0. The van der Waals surface area contributed by atoms with E-state index in [9.17, 15) is 14.4 Å². The minimum atomic E-state index is -0.638. The molecule has 48 heavy (non-hydrogen) atoms. The summed E-state index contributed by atoms with van der Waals surface area (Å²) in [5, 5.41) is 9.00. The molecule has 2 fully saturated rings. The molecule has 3 heterocycles. The standard InChI is InChI=1S/C40H53N5O3/c1-28(2)27-45(33-16-21-43(22-17-33)29(3)46)34-18-23-44(24-19-34)40(48)38(25-32-12-8-11-30-9-4-6-13-35(30)32)42-39(47)26-37-36-14-7-5-10-31(36)15-20-41-37/h4-14,28,33-34,37-38,41H,15-27H2,1-3H3,(H,42,47)/t37?,38-/m1/s1. The summed E-state index contributed by atoms with van der Waals surface area (Å²) in [4.78, 5) is 46.7. The van der Waals surface area contributed by atoms with Gasteiger partial charge in [-0.25, -0.2) is 0 Å². The molecule has 3 amide bonds. The van der Waals surface area contributed by atoms with Crippen molar-refractivity contribution < 1.29 is 14.4 Å². The van der Waals surface area contributed by atoms with Crippen LogP contribution in [0.2, 0.25) is 0 Å². The van der Waals surface area contributed by atoms with Crippen molar-refractivity contribution in [3.8, 4) is 0 Å². The Morgan fingerprint density at radius 2 is 1.50 bits per heavy atom. The molecular weight excluding hydrogens is 598 g/mol. The molecule has 3 aliphatic heterocycles. The van der Waals surface area contributed by atoms with Crippen molar-refractivity contribution in [2.75, 3.05) is 39.3 Å². The van der Waals surface area contributed by atoms with Gasteiger partial charge in [-0.05, 0) is 72.0 Å². The summed E-state index contributed by atoms with van der Waals surface area (Å²) in [5.74, 6) is 0.622. The second-order valence-corrected chi connectivity index (χ2v) is 14.5. The van der Waals surface area contributed by atoms with Crippen molar-refractivity contribution in [1.82, 2.24) is 25.3 Å². The first-order valence-corrected chi connectivity index (χ1v) is 18.1. The molecule has 3 aliphatic rings. The van der Waals surface area contributed by atoms with Gasteiger partial charge in [-0.15, -0.1) is 0 Å². The van der Waals surface area contributed by atoms with Crippen LogP contribution in [0.1, 0.15) is 75.6 Å². The first kappa shape index (κ1) is 34.1. The summed E-state index contributed by atoms with van der Waals surface area (Å²) in [6.45, 7) is 11.1. The van der Waals surface area contributed by atoms with Gasteiger partial charge in [0.2, 0.25) is 17.7 Å². The maximum Gasteiger partial charge on any atom is 0.245 e. The molecule has 256 valence electrons. The minimum Gasteiger partial charge on any atom is -0.344 e. The summed E-state index contributed by atoms with van der Waals surface area (Å²) in [7, 11) is 0. The Hall–Kier alpha value is -3.75. The average molecular weight is 652 g/mol. The fourth-order valence-electron chi connectivity index (χ4n) is 8.27. The molecule has 8 heteroatoms. The number of fused-ring (bicyclic) bond motifs is 2. The van der Waals surface area contributed by atoms with E-state index in [1.807, 2.05) is 34.1 Å². The van der Waals surface area contributed by atoms with Crippen LogP contribution in [0.25, 0.3) is 10.8 Å². The lowest BCUT2D eigenvalue weighted by molar-refractivity contribution is -0.138. The Bertz CT molecular complexity index is 1570. The van der Waals surface area contributed by atoms with Crippen molar-refractivity contribution in [1.29, 1.82) is 0 Å². The van der Waals surface area contributed by atoms with E-state index in [0.29, 0.717) is 43.9 Å². The predicted octanol–water partition coefficient (Wildman–Crippen LogP) is 5.10. The first-order chi connectivity index (χ1) is 23.3. The van der Waals surface area contributed by atoms with Crippen LogP contribution in [0.3, 0.4) is 0 Å². The second-order valence-electron chi connectivity index (χ2n) is 14.5. The van der Waals surface area contributed by atoms with Crippen molar-refractivity contribution >= 4 is 28.5 Å². The van der Waals surface area contributed by atoms with Gasteiger partial charge in [0.25, 0.3) is 0 Å². The largest absolute Gasteiger partial charge is 0.344 e. The van der Waals surface area contributed by atoms with Crippen molar-refractivity contribution in [2.24, 2.45) is 5.92 Å². The van der Waals surface area contributed by atoms with Crippen LogP contribution in [-0.4, -0.2) is 89.8 Å². The lowest BCUT2D eigenvalue weighted by Crippen LogP contribution is -2.56. The highest BCUT2D eigenvalue weighted by atomic mass is 16.2. The number of carbonyl (C=O) groups excluding carboxylic acids is 3. The Morgan fingerprint density at radius 3 is 2.21 bits per heavy atom. The highest BCUT2D eigenvalue weighted by Crippen LogP contribution is 2.28. The fourth-order valence-corrected chi connectivity index (χ4v) is 8.27. The zero-order chi connectivity index (χ0) is 33.6. The van der Waals surface area contributed by atoms with Gasteiger partial charge in [0.05, 0.1) is 0 Å². The number of benzene rings is 3. The predicted molar refractivity (Wildman–Crippen MR) is 192 cm³/mol. The molecule has 8 nitrogen and oxygen atoms in total. The Balaban J connectivity index is 1.15. The minimum absolute atomic E-state index is 0.0110. The Labute approximate surface area is 286 Å². The molecule has 0 aliphatic carbocycles. The molecule has 0 radical (unpaired) electrons. The van der Waals surface area contributed by atoms with Crippen molar-refractivity contribution in [3.05, 3.63) is 83.4 Å². The van der Waals surface area contributed by atoms with E-state index in [0.717, 1.165) is 74.6 Å². The Morgan fingerprint density at radius 1 is 0.854 bits per heavy atom. The van der Waals surface area contributed by atoms with Gasteiger partial charge in [-0.2, -0.15) is 0 Å². The van der Waals surface area contributed by atoms with E-state index >= 15 is 0 Å². The number of amides is 3. The van der Waals surface area contributed by atoms with Gasteiger partial charge < -0.3 is 20.4 Å². The normalized spacial score (nSPS) is 19.8. The molecule has 2 atom stereocenters. The van der Waals surface area contributed by atoms with Gasteiger partial charge in [-0.1, -0.05) is 80.6 Å². The summed E-state index contributed by atoms with van der Waals surface area (Å²) in [5.41, 5.74) is 3.54. The third-order valence-corrected chi connectivity index (χ3v) is 10.7. The molecule has 3 aromatic rings. The third kappa shape index (κ3) is 8.09. The molecule has 6 rings (SSSR count). The zero-order valence-corrected chi connectivity index (χ0v) is 29.0. The summed E-state index contributed by atoms with van der Waals surface area (Å²) in [6.07, 6.45) is 5.56. The van der Waals surface area contributed by atoms with Crippen LogP contribution >= 0.6 is 0 Å². The number of likely N-dealkylation sites (tertiary alicyclic amines) is 2. The first-order valence-electron chi connectivity index (χ1n) is 18.1. The summed E-state index contributed by atoms with van der Waals surface area (Å²) < 4.78 is 0. The van der Waals surface area contributed by atoms with Crippen LogP contribution in [0.4, 0.5) is 0 Å². The average Bonchev–Trinajstić information content (AvgIpc) is 3.10. The van der Waals surface area contributed by atoms with E-state index in [4.69, 9.17) is 0 Å². The SMILES string of the molecule is CC(=O)N1CCC(N(CC(C)C)C2CCN(C(=O)[C@@H](Cc3cccc4ccccc34)NC(=O)CC3NCCc4ccccc43)CC2)CC1. The van der Waals surface area contributed by atoms with E-state index in [1.54, 1.807) is 6.92 Å². The monoisotopic (exact) mass is 651 g/mol. The molecule has 0 spiro atoms. The molecule has 0 bridgehead atoms. The topological polar surface area (TPSA) is 85.0 Å². The molecule has 2 N–H and O–H groups in total. The van der Waals surface area contributed by atoms with Crippen LogP contribution in [-0.2, 0) is 27.2 Å². The molecule has 3 aromatic carbocycles. The highest BCUT2D eigenvalue weighted by molar-refractivity contribution is 5.90. The molecule has 1 unspecified atom stereocenters. The summed E-state index contributed by atoms with van der Waals surface area (Å²) in [6, 6.07) is 23.0. The van der Waals surface area contributed by atoms with Gasteiger partial charge >= 0.3 is 0 Å². The number of hydrogen-bond donors (Lipinski definition) is 2. The van der Waals surface area contributed by atoms with E-state index < -0.39 is 6.04 Å².